The highest BCUT2D eigenvalue weighted by molar-refractivity contribution is 5.78. The molecule has 0 aliphatic carbocycles. The summed E-state index contributed by atoms with van der Waals surface area (Å²) in [6.45, 7) is 0.711. The van der Waals surface area contributed by atoms with Crippen molar-refractivity contribution in [2.24, 2.45) is 0 Å². The molecule has 2 N–H and O–H groups in total. The first-order valence-electron chi connectivity index (χ1n) is 6.61. The van der Waals surface area contributed by atoms with E-state index in [4.69, 9.17) is 10.2 Å². The summed E-state index contributed by atoms with van der Waals surface area (Å²) in [6, 6.07) is 5.60. The molecule has 5 nitrogen and oxygen atoms in total. The van der Waals surface area contributed by atoms with Crippen LogP contribution in [0.25, 0.3) is 11.1 Å². The number of nitrogens with two attached hydrogens (primary N) is 1. The van der Waals surface area contributed by atoms with Crippen LogP contribution in [0.5, 0.6) is 0 Å². The van der Waals surface area contributed by atoms with Gasteiger partial charge in [-0.25, -0.2) is 0 Å². The SMILES string of the molecule is Nc1ccc2oc(N3CCN(CC(F)(F)F)CC3)nc2c1. The van der Waals surface area contributed by atoms with Crippen LogP contribution in [0.1, 0.15) is 0 Å². The molecule has 0 unspecified atom stereocenters. The fourth-order valence-corrected chi connectivity index (χ4v) is 2.42. The summed E-state index contributed by atoms with van der Waals surface area (Å²) in [5.41, 5.74) is 7.55. The van der Waals surface area contributed by atoms with Crippen LogP contribution in [-0.4, -0.2) is 48.8 Å². The number of halogens is 3. The molecule has 1 aromatic heterocycles. The van der Waals surface area contributed by atoms with Gasteiger partial charge in [-0.05, 0) is 18.2 Å². The Morgan fingerprint density at radius 3 is 2.57 bits per heavy atom. The maximum Gasteiger partial charge on any atom is 0.401 e. The summed E-state index contributed by atoms with van der Waals surface area (Å²) in [7, 11) is 0. The molecular formula is C13H15F3N4O. The molecule has 2 heterocycles. The molecule has 0 amide bonds. The average molecular weight is 300 g/mol. The van der Waals surface area contributed by atoms with E-state index in [1.807, 2.05) is 4.90 Å². The Labute approximate surface area is 119 Å². The molecule has 0 saturated carbocycles. The number of rotatable bonds is 2. The topological polar surface area (TPSA) is 58.5 Å². The van der Waals surface area contributed by atoms with Gasteiger partial charge in [-0.15, -0.1) is 0 Å². The normalized spacial score (nSPS) is 17.6. The van der Waals surface area contributed by atoms with Gasteiger partial charge >= 0.3 is 6.18 Å². The number of oxazole rings is 1. The molecule has 0 atom stereocenters. The Kier molecular flexibility index (Phi) is 3.40. The highest BCUT2D eigenvalue weighted by atomic mass is 19.4. The van der Waals surface area contributed by atoms with E-state index in [0.29, 0.717) is 49.0 Å². The van der Waals surface area contributed by atoms with Crippen LogP contribution in [0.4, 0.5) is 24.9 Å². The summed E-state index contributed by atoms with van der Waals surface area (Å²) in [5, 5.41) is 0. The zero-order chi connectivity index (χ0) is 15.0. The smallest absolute Gasteiger partial charge is 0.401 e. The third kappa shape index (κ3) is 3.21. The molecule has 8 heteroatoms. The molecule has 0 spiro atoms. The minimum Gasteiger partial charge on any atom is -0.423 e. The Morgan fingerprint density at radius 2 is 1.90 bits per heavy atom. The summed E-state index contributed by atoms with van der Waals surface area (Å²) in [6.07, 6.45) is -4.16. The Hall–Kier alpha value is -1.96. The van der Waals surface area contributed by atoms with Gasteiger partial charge in [-0.1, -0.05) is 0 Å². The highest BCUT2D eigenvalue weighted by Gasteiger charge is 2.32. The van der Waals surface area contributed by atoms with E-state index in [2.05, 4.69) is 4.98 Å². The van der Waals surface area contributed by atoms with Gasteiger partial charge in [0.25, 0.3) is 6.01 Å². The van der Waals surface area contributed by atoms with Crippen molar-refractivity contribution < 1.29 is 17.6 Å². The molecule has 2 aromatic rings. The van der Waals surface area contributed by atoms with Crippen LogP contribution >= 0.6 is 0 Å². The molecule has 0 radical (unpaired) electrons. The van der Waals surface area contributed by atoms with Crippen molar-refractivity contribution in [3.05, 3.63) is 18.2 Å². The lowest BCUT2D eigenvalue weighted by atomic mass is 10.3. The number of alkyl halides is 3. The second kappa shape index (κ2) is 5.10. The first kappa shape index (κ1) is 14.0. The quantitative estimate of drug-likeness (QED) is 0.861. The Morgan fingerprint density at radius 1 is 1.19 bits per heavy atom. The van der Waals surface area contributed by atoms with Crippen molar-refractivity contribution >= 4 is 22.8 Å². The predicted molar refractivity (Wildman–Crippen MR) is 73.1 cm³/mol. The van der Waals surface area contributed by atoms with Crippen molar-refractivity contribution in [3.63, 3.8) is 0 Å². The molecule has 1 aliphatic heterocycles. The molecule has 21 heavy (non-hydrogen) atoms. The summed E-state index contributed by atoms with van der Waals surface area (Å²) in [5.74, 6) is 0. The second-order valence-electron chi connectivity index (χ2n) is 5.10. The van der Waals surface area contributed by atoms with E-state index in [0.717, 1.165) is 0 Å². The van der Waals surface area contributed by atoms with Gasteiger partial charge in [-0.3, -0.25) is 4.90 Å². The van der Waals surface area contributed by atoms with Crippen molar-refractivity contribution in [2.45, 2.75) is 6.18 Å². The Balaban J connectivity index is 1.68. The van der Waals surface area contributed by atoms with Crippen LogP contribution < -0.4 is 10.6 Å². The van der Waals surface area contributed by atoms with Gasteiger partial charge in [0.1, 0.15) is 5.52 Å². The minimum atomic E-state index is -4.16. The van der Waals surface area contributed by atoms with Crippen molar-refractivity contribution in [3.8, 4) is 0 Å². The summed E-state index contributed by atoms with van der Waals surface area (Å²) in [4.78, 5) is 7.57. The lowest BCUT2D eigenvalue weighted by molar-refractivity contribution is -0.146. The fourth-order valence-electron chi connectivity index (χ4n) is 2.42. The number of fused-ring (bicyclic) bond motifs is 1. The number of hydrogen-bond acceptors (Lipinski definition) is 5. The van der Waals surface area contributed by atoms with Gasteiger partial charge in [0, 0.05) is 31.9 Å². The van der Waals surface area contributed by atoms with Crippen LogP contribution in [0.15, 0.2) is 22.6 Å². The van der Waals surface area contributed by atoms with Crippen molar-refractivity contribution in [2.75, 3.05) is 43.4 Å². The van der Waals surface area contributed by atoms with Crippen LogP contribution in [0.2, 0.25) is 0 Å². The zero-order valence-corrected chi connectivity index (χ0v) is 11.2. The highest BCUT2D eigenvalue weighted by Crippen LogP contribution is 2.25. The number of piperazine rings is 1. The van der Waals surface area contributed by atoms with Gasteiger partial charge < -0.3 is 15.1 Å². The number of aromatic nitrogens is 1. The van der Waals surface area contributed by atoms with Gasteiger partial charge in [-0.2, -0.15) is 18.2 Å². The fraction of sp³-hybridized carbons (Fsp3) is 0.462. The molecule has 3 rings (SSSR count). The maximum absolute atomic E-state index is 12.3. The standard InChI is InChI=1S/C13H15F3N4O/c14-13(15,16)8-19-3-5-20(6-4-19)12-18-10-7-9(17)1-2-11(10)21-12/h1-2,7H,3-6,8,17H2. The van der Waals surface area contributed by atoms with Gasteiger partial charge in [0.05, 0.1) is 6.54 Å². The largest absolute Gasteiger partial charge is 0.423 e. The van der Waals surface area contributed by atoms with E-state index in [9.17, 15) is 13.2 Å². The van der Waals surface area contributed by atoms with Gasteiger partial charge in [0.2, 0.25) is 0 Å². The molecule has 114 valence electrons. The van der Waals surface area contributed by atoms with Crippen LogP contribution in [0.3, 0.4) is 0 Å². The average Bonchev–Trinajstić information content (AvgIpc) is 2.80. The van der Waals surface area contributed by atoms with E-state index < -0.39 is 12.7 Å². The van der Waals surface area contributed by atoms with Gasteiger partial charge in [0.15, 0.2) is 5.58 Å². The third-order valence-electron chi connectivity index (χ3n) is 3.45. The maximum atomic E-state index is 12.3. The van der Waals surface area contributed by atoms with Crippen molar-refractivity contribution in [1.29, 1.82) is 0 Å². The second-order valence-corrected chi connectivity index (χ2v) is 5.10. The molecule has 1 aliphatic rings. The van der Waals surface area contributed by atoms with E-state index in [-0.39, 0.29) is 0 Å². The predicted octanol–water partition coefficient (Wildman–Crippen LogP) is 2.09. The summed E-state index contributed by atoms with van der Waals surface area (Å²) >= 11 is 0. The number of hydrogen-bond donors (Lipinski definition) is 1. The number of benzene rings is 1. The monoisotopic (exact) mass is 300 g/mol. The number of nitrogens with zero attached hydrogens (tertiary/aromatic N) is 3. The number of nitrogen functional groups attached to an aromatic ring is 1. The third-order valence-corrected chi connectivity index (χ3v) is 3.45. The van der Waals surface area contributed by atoms with Crippen LogP contribution in [0, 0.1) is 0 Å². The van der Waals surface area contributed by atoms with E-state index >= 15 is 0 Å². The van der Waals surface area contributed by atoms with Crippen molar-refractivity contribution in [1.82, 2.24) is 9.88 Å². The first-order valence-corrected chi connectivity index (χ1v) is 6.61. The molecule has 0 bridgehead atoms. The molecule has 1 saturated heterocycles. The lowest BCUT2D eigenvalue weighted by Crippen LogP contribution is -2.49. The molecular weight excluding hydrogens is 285 g/mol. The van der Waals surface area contributed by atoms with Crippen LogP contribution in [-0.2, 0) is 0 Å². The minimum absolute atomic E-state index is 0.334. The Bertz CT molecular complexity index is 632. The first-order chi connectivity index (χ1) is 9.90. The lowest BCUT2D eigenvalue weighted by Gasteiger charge is -2.33. The zero-order valence-electron chi connectivity index (χ0n) is 11.2. The summed E-state index contributed by atoms with van der Waals surface area (Å²) < 4.78 is 42.6. The number of anilines is 2. The van der Waals surface area contributed by atoms with E-state index in [1.54, 1.807) is 18.2 Å². The molecule has 1 aromatic carbocycles. The van der Waals surface area contributed by atoms with E-state index in [1.165, 1.54) is 4.90 Å². The molecule has 1 fully saturated rings.